The minimum absolute atomic E-state index is 0.0537. The normalized spacial score (nSPS) is 18.5. The maximum atomic E-state index is 12.2. The Labute approximate surface area is 135 Å². The summed E-state index contributed by atoms with van der Waals surface area (Å²) in [7, 11) is -1.19. The Balaban J connectivity index is 2.27. The first-order valence-electron chi connectivity index (χ1n) is 7.24. The van der Waals surface area contributed by atoms with Crippen molar-refractivity contribution in [2.45, 2.75) is 36.7 Å². The van der Waals surface area contributed by atoms with Crippen LogP contribution in [0.2, 0.25) is 0 Å². The fourth-order valence-electron chi connectivity index (χ4n) is 2.40. The Morgan fingerprint density at radius 3 is 2.65 bits per heavy atom. The molecule has 7 nitrogen and oxygen atoms in total. The molecule has 0 saturated heterocycles. The monoisotopic (exact) mass is 341 g/mol. The molecule has 1 aromatic rings. The van der Waals surface area contributed by atoms with Gasteiger partial charge in [0.15, 0.2) is 11.9 Å². The van der Waals surface area contributed by atoms with Gasteiger partial charge in [-0.2, -0.15) is 0 Å². The van der Waals surface area contributed by atoms with Gasteiger partial charge in [-0.15, -0.1) is 0 Å². The second-order valence-corrected chi connectivity index (χ2v) is 7.03. The van der Waals surface area contributed by atoms with Gasteiger partial charge >= 0.3 is 5.97 Å². The van der Waals surface area contributed by atoms with Crippen LogP contribution in [-0.4, -0.2) is 40.4 Å². The van der Waals surface area contributed by atoms with Crippen molar-refractivity contribution in [3.05, 3.63) is 23.8 Å². The van der Waals surface area contributed by atoms with Crippen molar-refractivity contribution >= 4 is 21.8 Å². The average molecular weight is 341 g/mol. The van der Waals surface area contributed by atoms with E-state index in [0.29, 0.717) is 12.8 Å². The number of benzene rings is 1. The third-order valence-corrected chi connectivity index (χ3v) is 5.14. The third kappa shape index (κ3) is 3.89. The van der Waals surface area contributed by atoms with Gasteiger partial charge in [0, 0.05) is 6.42 Å². The molecular formula is C15H19NO6S. The molecular weight excluding hydrogens is 322 g/mol. The van der Waals surface area contributed by atoms with E-state index >= 15 is 0 Å². The molecule has 1 fully saturated rings. The molecule has 2 rings (SSSR count). The van der Waals surface area contributed by atoms with Gasteiger partial charge < -0.3 is 9.47 Å². The largest absolute Gasteiger partial charge is 0.495 e. The van der Waals surface area contributed by atoms with E-state index in [1.54, 1.807) is 0 Å². The lowest BCUT2D eigenvalue weighted by Crippen LogP contribution is -2.30. The summed E-state index contributed by atoms with van der Waals surface area (Å²) in [4.78, 5) is 23.8. The number of esters is 1. The van der Waals surface area contributed by atoms with Crippen LogP contribution < -0.4 is 9.46 Å². The summed E-state index contributed by atoms with van der Waals surface area (Å²) in [5, 5.41) is 0. The van der Waals surface area contributed by atoms with Crippen LogP contribution in [0.4, 0.5) is 0 Å². The second-order valence-electron chi connectivity index (χ2n) is 5.18. The zero-order chi connectivity index (χ0) is 17.0. The first kappa shape index (κ1) is 17.4. The van der Waals surface area contributed by atoms with Crippen molar-refractivity contribution in [2.24, 2.45) is 0 Å². The molecule has 1 aliphatic rings. The van der Waals surface area contributed by atoms with Gasteiger partial charge in [0.1, 0.15) is 10.6 Å². The zero-order valence-corrected chi connectivity index (χ0v) is 13.8. The summed E-state index contributed by atoms with van der Waals surface area (Å²) < 4.78 is 36.4. The first-order valence-corrected chi connectivity index (χ1v) is 8.72. The van der Waals surface area contributed by atoms with Crippen LogP contribution in [0.25, 0.3) is 0 Å². The topological polar surface area (TPSA) is 98.8 Å². The highest BCUT2D eigenvalue weighted by Crippen LogP contribution is 2.26. The summed E-state index contributed by atoms with van der Waals surface area (Å²) in [5.41, 5.74) is 0.0537. The van der Waals surface area contributed by atoms with Gasteiger partial charge in [0.25, 0.3) is 0 Å². The van der Waals surface area contributed by atoms with E-state index in [4.69, 9.17) is 9.47 Å². The number of carbonyl (C=O) groups excluding carboxylic acids is 2. The summed E-state index contributed by atoms with van der Waals surface area (Å²) in [6.45, 7) is 0. The lowest BCUT2D eigenvalue weighted by molar-refractivity contribution is -0.129. The number of ketones is 1. The number of Topliss-reactive ketones (excluding diaryl/α,β-unsaturated/α-hetero) is 1. The van der Waals surface area contributed by atoms with Gasteiger partial charge in [0.05, 0.1) is 12.7 Å². The highest BCUT2D eigenvalue weighted by atomic mass is 32.2. The molecule has 0 heterocycles. The molecule has 23 heavy (non-hydrogen) atoms. The van der Waals surface area contributed by atoms with Gasteiger partial charge in [-0.1, -0.05) is 0 Å². The number of ether oxygens (including phenoxy) is 2. The van der Waals surface area contributed by atoms with Crippen LogP contribution in [0.3, 0.4) is 0 Å². The molecule has 0 aromatic heterocycles. The molecule has 1 atom stereocenters. The SMILES string of the molecule is CNS(=O)(=O)c1cc(C(=O)O[C@@H]2CCCCC2=O)ccc1OC. The van der Waals surface area contributed by atoms with E-state index in [2.05, 4.69) is 4.72 Å². The van der Waals surface area contributed by atoms with Crippen LogP contribution in [0.5, 0.6) is 5.75 Å². The molecule has 0 radical (unpaired) electrons. The molecule has 0 unspecified atom stereocenters. The molecule has 1 saturated carbocycles. The Bertz CT molecular complexity index is 713. The fraction of sp³-hybridized carbons (Fsp3) is 0.467. The molecule has 1 N–H and O–H groups in total. The summed E-state index contributed by atoms with van der Waals surface area (Å²) in [5.74, 6) is -0.703. The predicted octanol–water partition coefficient (Wildman–Crippen LogP) is 1.27. The molecule has 0 bridgehead atoms. The van der Waals surface area contributed by atoms with Gasteiger partial charge in [-0.3, -0.25) is 4.79 Å². The van der Waals surface area contributed by atoms with E-state index in [9.17, 15) is 18.0 Å². The average Bonchev–Trinajstić information content (AvgIpc) is 2.56. The summed E-state index contributed by atoms with van der Waals surface area (Å²) in [6, 6.07) is 3.97. The Morgan fingerprint density at radius 1 is 1.30 bits per heavy atom. The molecule has 1 aromatic carbocycles. The molecule has 8 heteroatoms. The quantitative estimate of drug-likeness (QED) is 0.810. The van der Waals surface area contributed by atoms with Crippen molar-refractivity contribution in [3.63, 3.8) is 0 Å². The van der Waals surface area contributed by atoms with Crippen molar-refractivity contribution in [2.75, 3.05) is 14.2 Å². The van der Waals surface area contributed by atoms with Crippen molar-refractivity contribution in [1.82, 2.24) is 4.72 Å². The summed E-state index contributed by atoms with van der Waals surface area (Å²) in [6.07, 6.45) is 1.79. The predicted molar refractivity (Wildman–Crippen MR) is 81.9 cm³/mol. The molecule has 126 valence electrons. The van der Waals surface area contributed by atoms with E-state index < -0.39 is 22.1 Å². The molecule has 0 spiro atoms. The van der Waals surface area contributed by atoms with Gasteiger partial charge in [0.2, 0.25) is 10.0 Å². The Kier molecular flexibility index (Phi) is 5.38. The lowest BCUT2D eigenvalue weighted by Gasteiger charge is -2.20. The standard InChI is InChI=1S/C15H19NO6S/c1-16-23(19,20)14-9-10(7-8-13(14)21-2)15(18)22-12-6-4-3-5-11(12)17/h7-9,12,16H,3-6H2,1-2H3/t12-/m1/s1. The van der Waals surface area contributed by atoms with Crippen LogP contribution >= 0.6 is 0 Å². The van der Waals surface area contributed by atoms with Gasteiger partial charge in [-0.25, -0.2) is 17.9 Å². The first-order chi connectivity index (χ1) is 10.9. The number of hydrogen-bond acceptors (Lipinski definition) is 6. The Morgan fingerprint density at radius 2 is 2.04 bits per heavy atom. The maximum absolute atomic E-state index is 12.2. The third-order valence-electron chi connectivity index (χ3n) is 3.71. The molecule has 1 aliphatic carbocycles. The van der Waals surface area contributed by atoms with E-state index in [1.807, 2.05) is 0 Å². The van der Waals surface area contributed by atoms with Crippen molar-refractivity contribution < 1.29 is 27.5 Å². The number of rotatable bonds is 5. The van der Waals surface area contributed by atoms with Gasteiger partial charge in [-0.05, 0) is 44.5 Å². The fourth-order valence-corrected chi connectivity index (χ4v) is 3.31. The van der Waals surface area contributed by atoms with Crippen LogP contribution in [-0.2, 0) is 19.6 Å². The molecule has 0 aliphatic heterocycles. The Hall–Kier alpha value is -1.93. The number of methoxy groups -OCH3 is 1. The lowest BCUT2D eigenvalue weighted by atomic mass is 9.96. The van der Waals surface area contributed by atoms with Crippen LogP contribution in [0.15, 0.2) is 23.1 Å². The minimum atomic E-state index is -3.79. The van der Waals surface area contributed by atoms with E-state index in [0.717, 1.165) is 12.8 Å². The molecule has 0 amide bonds. The second kappa shape index (κ2) is 7.10. The van der Waals surface area contributed by atoms with E-state index in [-0.39, 0.29) is 22.0 Å². The minimum Gasteiger partial charge on any atom is -0.495 e. The number of carbonyl (C=O) groups is 2. The van der Waals surface area contributed by atoms with Crippen LogP contribution in [0, 0.1) is 0 Å². The number of nitrogens with one attached hydrogen (secondary N) is 1. The van der Waals surface area contributed by atoms with Crippen molar-refractivity contribution in [1.29, 1.82) is 0 Å². The highest BCUT2D eigenvalue weighted by Gasteiger charge is 2.27. The number of hydrogen-bond donors (Lipinski definition) is 1. The zero-order valence-electron chi connectivity index (χ0n) is 13.0. The highest BCUT2D eigenvalue weighted by molar-refractivity contribution is 7.89. The van der Waals surface area contributed by atoms with Crippen molar-refractivity contribution in [3.8, 4) is 5.75 Å². The summed E-state index contributed by atoms with van der Waals surface area (Å²) >= 11 is 0. The maximum Gasteiger partial charge on any atom is 0.338 e. The van der Waals surface area contributed by atoms with Crippen LogP contribution in [0.1, 0.15) is 36.0 Å². The smallest absolute Gasteiger partial charge is 0.338 e. The number of sulfonamides is 1. The van der Waals surface area contributed by atoms with E-state index in [1.165, 1.54) is 32.4 Å².